The molecule has 6 heteroatoms. The summed E-state index contributed by atoms with van der Waals surface area (Å²) in [6.45, 7) is 9.01. The van der Waals surface area contributed by atoms with Crippen molar-refractivity contribution in [2.45, 2.75) is 102 Å². The first-order chi connectivity index (χ1) is 15.7. The molecule has 4 aliphatic carbocycles. The molecule has 2 saturated carbocycles. The quantitative estimate of drug-likeness (QED) is 0.421. The van der Waals surface area contributed by atoms with Crippen molar-refractivity contribution in [2.24, 2.45) is 22.7 Å². The van der Waals surface area contributed by atoms with Gasteiger partial charge in [-0.25, -0.2) is 4.79 Å². The van der Waals surface area contributed by atoms with Crippen molar-refractivity contribution in [1.29, 1.82) is 0 Å². The highest BCUT2D eigenvalue weighted by molar-refractivity contribution is 5.98. The van der Waals surface area contributed by atoms with Gasteiger partial charge in [-0.3, -0.25) is 4.79 Å². The Hall–Kier alpha value is -1.76. The Kier molecular flexibility index (Phi) is 5.03. The van der Waals surface area contributed by atoms with Crippen LogP contribution in [0, 0.1) is 22.7 Å². The van der Waals surface area contributed by atoms with E-state index in [1.807, 2.05) is 26.8 Å². The van der Waals surface area contributed by atoms with Crippen molar-refractivity contribution in [2.75, 3.05) is 0 Å². The number of carbonyl (C=O) groups is 2. The standard InChI is InChI=1S/C28H38O6/c1-16-15-22(34-23(30)17(16)2)26(5,31)28(33)14-13-27(32)20-10-9-18-7-6-8-21(29)25(18,4)19(20)11-12-24(27,28)3/h6,8-9,19-20,22,31-33H,7,10-15H2,1-5H3/t19-,20+,22+,24-,25-,26-,27+,28+/m0/s1. The molecule has 0 radical (unpaired) electrons. The van der Waals surface area contributed by atoms with E-state index in [-0.39, 0.29) is 24.0 Å². The lowest BCUT2D eigenvalue weighted by molar-refractivity contribution is -0.279. The minimum Gasteiger partial charge on any atom is -0.455 e. The fourth-order valence-electron chi connectivity index (χ4n) is 8.41. The molecule has 34 heavy (non-hydrogen) atoms. The van der Waals surface area contributed by atoms with Crippen LogP contribution in [0.5, 0.6) is 0 Å². The molecule has 3 N–H and O–H groups in total. The Bertz CT molecular complexity index is 1050. The van der Waals surface area contributed by atoms with Crippen molar-refractivity contribution in [3.05, 3.63) is 34.9 Å². The second-order valence-corrected chi connectivity index (χ2v) is 12.2. The molecule has 1 heterocycles. The molecule has 0 aromatic carbocycles. The molecule has 5 rings (SSSR count). The first-order valence-electron chi connectivity index (χ1n) is 12.7. The average Bonchev–Trinajstić information content (AvgIpc) is 3.00. The maximum atomic E-state index is 13.1. The van der Waals surface area contributed by atoms with Crippen LogP contribution in [0.4, 0.5) is 0 Å². The van der Waals surface area contributed by atoms with Crippen LogP contribution in [0.1, 0.15) is 79.6 Å². The lowest BCUT2D eigenvalue weighted by atomic mass is 9.44. The zero-order chi connectivity index (χ0) is 24.9. The summed E-state index contributed by atoms with van der Waals surface area (Å²) in [5.41, 5.74) is -3.78. The number of allylic oxidation sites excluding steroid dienone is 4. The Morgan fingerprint density at radius 1 is 1.09 bits per heavy atom. The number of hydrogen-bond acceptors (Lipinski definition) is 6. The molecule has 1 aliphatic heterocycles. The fraction of sp³-hybridized carbons (Fsp3) is 0.714. The van der Waals surface area contributed by atoms with Crippen LogP contribution in [0.25, 0.3) is 0 Å². The highest BCUT2D eigenvalue weighted by Gasteiger charge is 2.76. The van der Waals surface area contributed by atoms with Crippen LogP contribution in [0.2, 0.25) is 0 Å². The zero-order valence-electron chi connectivity index (χ0n) is 21.0. The van der Waals surface area contributed by atoms with Crippen molar-refractivity contribution in [1.82, 2.24) is 0 Å². The summed E-state index contributed by atoms with van der Waals surface area (Å²) in [5, 5.41) is 36.5. The summed E-state index contributed by atoms with van der Waals surface area (Å²) in [5.74, 6) is -0.589. The Morgan fingerprint density at radius 3 is 2.47 bits per heavy atom. The van der Waals surface area contributed by atoms with Crippen LogP contribution in [0.15, 0.2) is 34.9 Å². The fourth-order valence-corrected chi connectivity index (χ4v) is 8.41. The third-order valence-corrected chi connectivity index (χ3v) is 11.1. The second-order valence-electron chi connectivity index (χ2n) is 12.2. The third-order valence-electron chi connectivity index (χ3n) is 11.1. The maximum Gasteiger partial charge on any atom is 0.334 e. The van der Waals surface area contributed by atoms with E-state index >= 15 is 0 Å². The van der Waals surface area contributed by atoms with E-state index in [4.69, 9.17) is 4.74 Å². The predicted octanol–water partition coefficient (Wildman–Crippen LogP) is 3.54. The molecule has 0 bridgehead atoms. The number of ether oxygens (including phenoxy) is 1. The predicted molar refractivity (Wildman–Crippen MR) is 127 cm³/mol. The van der Waals surface area contributed by atoms with Crippen LogP contribution in [0.3, 0.4) is 0 Å². The smallest absolute Gasteiger partial charge is 0.334 e. The molecule has 5 aliphatic rings. The molecule has 0 spiro atoms. The normalized spacial score (nSPS) is 47.9. The number of hydrogen-bond donors (Lipinski definition) is 3. The summed E-state index contributed by atoms with van der Waals surface area (Å²) in [4.78, 5) is 25.5. The molecule has 6 nitrogen and oxygen atoms in total. The maximum absolute atomic E-state index is 13.1. The van der Waals surface area contributed by atoms with Crippen molar-refractivity contribution < 1.29 is 29.6 Å². The molecule has 186 valence electrons. The number of cyclic esters (lactones) is 1. The molecular formula is C28H38O6. The van der Waals surface area contributed by atoms with Gasteiger partial charge in [0, 0.05) is 17.4 Å². The largest absolute Gasteiger partial charge is 0.455 e. The van der Waals surface area contributed by atoms with Gasteiger partial charge in [0.1, 0.15) is 17.3 Å². The van der Waals surface area contributed by atoms with Gasteiger partial charge in [0.25, 0.3) is 0 Å². The monoisotopic (exact) mass is 470 g/mol. The number of esters is 1. The third kappa shape index (κ3) is 2.63. The molecule has 0 aromatic heterocycles. The molecule has 2 fully saturated rings. The van der Waals surface area contributed by atoms with Gasteiger partial charge >= 0.3 is 5.97 Å². The number of carbonyl (C=O) groups excluding carboxylic acids is 2. The first-order valence-corrected chi connectivity index (χ1v) is 12.7. The van der Waals surface area contributed by atoms with Crippen LogP contribution in [-0.4, -0.2) is 50.0 Å². The van der Waals surface area contributed by atoms with E-state index in [1.165, 1.54) is 0 Å². The minimum absolute atomic E-state index is 0.0179. The number of fused-ring (bicyclic) bond motifs is 5. The van der Waals surface area contributed by atoms with Crippen LogP contribution >= 0.6 is 0 Å². The van der Waals surface area contributed by atoms with Gasteiger partial charge in [-0.05, 0) is 84.1 Å². The SMILES string of the molecule is CC1=C(C)C(=O)O[C@@H]([C@](C)(O)[C@@]2(O)CC[C@@]3(O)[C@@H]4CC=C5CC=CC(=O)[C@]5(C)[C@H]4CC[C@]23C)C1. The van der Waals surface area contributed by atoms with Gasteiger partial charge < -0.3 is 20.1 Å². The topological polar surface area (TPSA) is 104 Å². The number of aliphatic hydroxyl groups is 3. The molecule has 8 atom stereocenters. The summed E-state index contributed by atoms with van der Waals surface area (Å²) in [6, 6.07) is 0. The van der Waals surface area contributed by atoms with E-state index < -0.39 is 39.7 Å². The van der Waals surface area contributed by atoms with E-state index in [0.717, 1.165) is 17.6 Å². The van der Waals surface area contributed by atoms with Gasteiger partial charge in [-0.15, -0.1) is 0 Å². The summed E-state index contributed by atoms with van der Waals surface area (Å²) >= 11 is 0. The Balaban J connectivity index is 1.53. The molecule has 0 unspecified atom stereocenters. The van der Waals surface area contributed by atoms with Crippen molar-refractivity contribution in [3.8, 4) is 0 Å². The minimum atomic E-state index is -1.75. The van der Waals surface area contributed by atoms with Gasteiger partial charge in [0.2, 0.25) is 0 Å². The van der Waals surface area contributed by atoms with Gasteiger partial charge in [0.15, 0.2) is 5.78 Å². The zero-order valence-corrected chi connectivity index (χ0v) is 21.0. The Labute approximate surface area is 201 Å². The molecule has 0 aromatic rings. The summed E-state index contributed by atoms with van der Waals surface area (Å²) in [7, 11) is 0. The van der Waals surface area contributed by atoms with E-state index in [9.17, 15) is 24.9 Å². The summed E-state index contributed by atoms with van der Waals surface area (Å²) < 4.78 is 5.63. The highest BCUT2D eigenvalue weighted by Crippen LogP contribution is 2.70. The van der Waals surface area contributed by atoms with Gasteiger partial charge in [-0.1, -0.05) is 30.2 Å². The first kappa shape index (κ1) is 24.0. The number of ketones is 1. The molecule has 0 amide bonds. The van der Waals surface area contributed by atoms with E-state index in [0.29, 0.717) is 37.7 Å². The second kappa shape index (κ2) is 7.14. The molecular weight excluding hydrogens is 432 g/mol. The van der Waals surface area contributed by atoms with Crippen LogP contribution < -0.4 is 0 Å². The van der Waals surface area contributed by atoms with Crippen molar-refractivity contribution >= 4 is 11.8 Å². The van der Waals surface area contributed by atoms with Gasteiger partial charge in [-0.2, -0.15) is 0 Å². The highest BCUT2D eigenvalue weighted by atomic mass is 16.6. The Morgan fingerprint density at radius 2 is 1.79 bits per heavy atom. The van der Waals surface area contributed by atoms with Crippen molar-refractivity contribution in [3.63, 3.8) is 0 Å². The lowest BCUT2D eigenvalue weighted by Gasteiger charge is -2.63. The van der Waals surface area contributed by atoms with Gasteiger partial charge in [0.05, 0.1) is 11.0 Å². The average molecular weight is 471 g/mol. The summed E-state index contributed by atoms with van der Waals surface area (Å²) in [6.07, 6.45) is 8.28. The number of rotatable bonds is 2. The molecule has 0 saturated heterocycles. The van der Waals surface area contributed by atoms with Crippen LogP contribution in [-0.2, 0) is 14.3 Å². The lowest BCUT2D eigenvalue weighted by Crippen LogP contribution is -2.72. The van der Waals surface area contributed by atoms with E-state index in [1.54, 1.807) is 19.9 Å². The van der Waals surface area contributed by atoms with E-state index in [2.05, 4.69) is 6.08 Å².